The van der Waals surface area contributed by atoms with Gasteiger partial charge in [-0.25, -0.2) is 4.98 Å². The van der Waals surface area contributed by atoms with E-state index in [0.717, 1.165) is 29.5 Å². The van der Waals surface area contributed by atoms with Gasteiger partial charge in [0.25, 0.3) is 5.56 Å². The molecule has 5 nitrogen and oxygen atoms in total. The SMILES string of the molecule is C=CCN(CC=C)C(=O)CSc1nc2sc3c(c2c(=O)[nH]1)CC[C@@H](C)C3. The second-order valence-corrected chi connectivity index (χ2v) is 8.62. The molecule has 2 heterocycles. The van der Waals surface area contributed by atoms with E-state index in [0.29, 0.717) is 24.2 Å². The Bertz CT molecular complexity index is 890. The van der Waals surface area contributed by atoms with Crippen LogP contribution >= 0.6 is 23.1 Å². The summed E-state index contributed by atoms with van der Waals surface area (Å²) < 4.78 is 0. The number of hydrogen-bond acceptors (Lipinski definition) is 5. The van der Waals surface area contributed by atoms with E-state index in [1.165, 1.54) is 22.2 Å². The molecule has 0 fully saturated rings. The zero-order valence-corrected chi connectivity index (χ0v) is 16.5. The molecule has 1 aliphatic rings. The molecule has 1 atom stereocenters. The van der Waals surface area contributed by atoms with Gasteiger partial charge in [0.1, 0.15) is 4.83 Å². The summed E-state index contributed by atoms with van der Waals surface area (Å²) in [5.41, 5.74) is 1.08. The van der Waals surface area contributed by atoms with Crippen molar-refractivity contribution in [2.24, 2.45) is 5.92 Å². The number of amides is 1. The second-order valence-electron chi connectivity index (χ2n) is 6.57. The molecule has 0 saturated heterocycles. The van der Waals surface area contributed by atoms with Gasteiger partial charge in [-0.05, 0) is 30.7 Å². The van der Waals surface area contributed by atoms with Crippen LogP contribution in [0.4, 0.5) is 0 Å². The van der Waals surface area contributed by atoms with E-state index in [2.05, 4.69) is 30.0 Å². The summed E-state index contributed by atoms with van der Waals surface area (Å²) in [6.45, 7) is 10.5. The van der Waals surface area contributed by atoms with E-state index >= 15 is 0 Å². The van der Waals surface area contributed by atoms with Crippen LogP contribution in [0.1, 0.15) is 23.8 Å². The molecule has 1 amide bonds. The Balaban J connectivity index is 1.79. The summed E-state index contributed by atoms with van der Waals surface area (Å²) in [5, 5.41) is 1.24. The minimum atomic E-state index is -0.0916. The van der Waals surface area contributed by atoms with Crippen molar-refractivity contribution >= 4 is 39.2 Å². The van der Waals surface area contributed by atoms with Crippen molar-refractivity contribution in [3.05, 3.63) is 46.1 Å². The zero-order valence-electron chi connectivity index (χ0n) is 14.9. The Morgan fingerprint density at radius 3 is 2.85 bits per heavy atom. The van der Waals surface area contributed by atoms with Gasteiger partial charge in [0, 0.05) is 18.0 Å². The zero-order chi connectivity index (χ0) is 18.7. The quantitative estimate of drug-likeness (QED) is 0.448. The maximum atomic E-state index is 12.6. The van der Waals surface area contributed by atoms with Gasteiger partial charge in [-0.3, -0.25) is 9.59 Å². The van der Waals surface area contributed by atoms with Gasteiger partial charge in [0.2, 0.25) is 5.91 Å². The molecule has 0 spiro atoms. The van der Waals surface area contributed by atoms with Crippen molar-refractivity contribution in [3.8, 4) is 0 Å². The number of thioether (sulfide) groups is 1. The van der Waals surface area contributed by atoms with Crippen LogP contribution in [-0.2, 0) is 17.6 Å². The summed E-state index contributed by atoms with van der Waals surface area (Å²) in [6, 6.07) is 0. The molecule has 2 aromatic heterocycles. The Morgan fingerprint density at radius 1 is 1.42 bits per heavy atom. The number of nitrogens with one attached hydrogen (secondary N) is 1. The van der Waals surface area contributed by atoms with Gasteiger partial charge in [-0.1, -0.05) is 30.8 Å². The number of fused-ring (bicyclic) bond motifs is 3. The Labute approximate surface area is 161 Å². The highest BCUT2D eigenvalue weighted by atomic mass is 32.2. The van der Waals surface area contributed by atoms with Crippen LogP contribution in [0, 0.1) is 5.92 Å². The number of hydrogen-bond donors (Lipinski definition) is 1. The molecule has 2 aromatic rings. The Morgan fingerprint density at radius 2 is 2.15 bits per heavy atom. The van der Waals surface area contributed by atoms with Gasteiger partial charge in [-0.15, -0.1) is 24.5 Å². The van der Waals surface area contributed by atoms with Gasteiger partial charge in [-0.2, -0.15) is 0 Å². The summed E-state index contributed by atoms with van der Waals surface area (Å²) >= 11 is 2.89. The van der Waals surface area contributed by atoms with Crippen molar-refractivity contribution in [2.75, 3.05) is 18.8 Å². The van der Waals surface area contributed by atoms with Gasteiger partial charge < -0.3 is 9.88 Å². The molecule has 0 saturated carbocycles. The fraction of sp³-hybridized carbons (Fsp3) is 0.421. The lowest BCUT2D eigenvalue weighted by Gasteiger charge is -2.18. The normalized spacial score (nSPS) is 16.3. The number of carbonyl (C=O) groups is 1. The lowest BCUT2D eigenvalue weighted by atomic mass is 9.89. The molecular formula is C19H23N3O2S2. The van der Waals surface area contributed by atoms with E-state index in [4.69, 9.17) is 0 Å². The fourth-order valence-corrected chi connectivity index (χ4v) is 5.41. The molecule has 0 bridgehead atoms. The molecule has 138 valence electrons. The van der Waals surface area contributed by atoms with Crippen LogP contribution in [0.2, 0.25) is 0 Å². The predicted molar refractivity (Wildman–Crippen MR) is 109 cm³/mol. The highest BCUT2D eigenvalue weighted by molar-refractivity contribution is 7.99. The maximum Gasteiger partial charge on any atom is 0.260 e. The number of aromatic nitrogens is 2. The number of rotatable bonds is 7. The predicted octanol–water partition coefficient (Wildman–Crippen LogP) is 3.40. The molecule has 0 aliphatic heterocycles. The largest absolute Gasteiger partial charge is 0.335 e. The molecule has 0 unspecified atom stereocenters. The van der Waals surface area contributed by atoms with Crippen LogP contribution in [-0.4, -0.2) is 39.6 Å². The molecule has 7 heteroatoms. The number of H-pyrrole nitrogens is 1. The van der Waals surface area contributed by atoms with Crippen molar-refractivity contribution in [3.63, 3.8) is 0 Å². The monoisotopic (exact) mass is 389 g/mol. The minimum absolute atomic E-state index is 0.0307. The van der Waals surface area contributed by atoms with Crippen LogP contribution in [0.25, 0.3) is 10.2 Å². The third kappa shape index (κ3) is 3.94. The molecule has 0 radical (unpaired) electrons. The fourth-order valence-electron chi connectivity index (χ4n) is 3.21. The van der Waals surface area contributed by atoms with Crippen LogP contribution in [0.5, 0.6) is 0 Å². The van der Waals surface area contributed by atoms with E-state index < -0.39 is 0 Å². The number of thiophene rings is 1. The molecular weight excluding hydrogens is 366 g/mol. The average Bonchev–Trinajstić information content (AvgIpc) is 2.97. The lowest BCUT2D eigenvalue weighted by Crippen LogP contribution is -2.32. The Hall–Kier alpha value is -1.86. The Kier molecular flexibility index (Phi) is 5.98. The standard InChI is InChI=1S/C19H23N3O2S2/c1-4-8-22(9-5-2)15(23)11-25-19-20-17(24)16-13-7-6-12(3)10-14(13)26-18(16)21-19/h4-5,12H,1-2,6-11H2,3H3,(H,20,21,24)/t12-/m1/s1. The minimum Gasteiger partial charge on any atom is -0.335 e. The molecule has 3 rings (SSSR count). The number of carbonyl (C=O) groups excluding carboxylic acids is 1. The highest BCUT2D eigenvalue weighted by Gasteiger charge is 2.23. The van der Waals surface area contributed by atoms with Crippen molar-refractivity contribution < 1.29 is 4.79 Å². The summed E-state index contributed by atoms with van der Waals surface area (Å²) in [4.78, 5) is 36.1. The number of aryl methyl sites for hydroxylation is 1. The first-order valence-electron chi connectivity index (χ1n) is 8.70. The van der Waals surface area contributed by atoms with Crippen molar-refractivity contribution in [2.45, 2.75) is 31.3 Å². The van der Waals surface area contributed by atoms with Crippen molar-refractivity contribution in [1.82, 2.24) is 14.9 Å². The maximum absolute atomic E-state index is 12.6. The van der Waals surface area contributed by atoms with Crippen LogP contribution in [0.15, 0.2) is 35.3 Å². The van der Waals surface area contributed by atoms with Gasteiger partial charge in [0.05, 0.1) is 11.1 Å². The molecule has 26 heavy (non-hydrogen) atoms. The third-order valence-electron chi connectivity index (χ3n) is 4.53. The summed E-state index contributed by atoms with van der Waals surface area (Å²) in [6.07, 6.45) is 6.47. The van der Waals surface area contributed by atoms with E-state index in [1.807, 2.05) is 0 Å². The smallest absolute Gasteiger partial charge is 0.260 e. The molecule has 0 aromatic carbocycles. The summed E-state index contributed by atoms with van der Waals surface area (Å²) in [5.74, 6) is 0.844. The van der Waals surface area contributed by atoms with E-state index in [9.17, 15) is 9.59 Å². The first kappa shape index (κ1) is 18.9. The van der Waals surface area contributed by atoms with Crippen LogP contribution in [0.3, 0.4) is 0 Å². The number of aromatic amines is 1. The molecule has 1 aliphatic carbocycles. The average molecular weight is 390 g/mol. The summed E-state index contributed by atoms with van der Waals surface area (Å²) in [7, 11) is 0. The first-order valence-corrected chi connectivity index (χ1v) is 10.5. The topological polar surface area (TPSA) is 66.1 Å². The second kappa shape index (κ2) is 8.22. The van der Waals surface area contributed by atoms with Crippen LogP contribution < -0.4 is 5.56 Å². The first-order chi connectivity index (χ1) is 12.5. The van der Waals surface area contributed by atoms with Gasteiger partial charge in [0.15, 0.2) is 5.16 Å². The van der Waals surface area contributed by atoms with E-state index in [1.54, 1.807) is 28.4 Å². The van der Waals surface area contributed by atoms with E-state index in [-0.39, 0.29) is 17.2 Å². The molecule has 1 N–H and O–H groups in total. The lowest BCUT2D eigenvalue weighted by molar-refractivity contribution is -0.127. The van der Waals surface area contributed by atoms with Gasteiger partial charge >= 0.3 is 0 Å². The highest BCUT2D eigenvalue weighted by Crippen LogP contribution is 2.36. The number of nitrogens with zero attached hydrogens (tertiary/aromatic N) is 2. The van der Waals surface area contributed by atoms with Crippen molar-refractivity contribution in [1.29, 1.82) is 0 Å². The third-order valence-corrected chi connectivity index (χ3v) is 6.53.